The molecule has 2 rings (SSSR count). The smallest absolute Gasteiger partial charge is 0.00108 e. The summed E-state index contributed by atoms with van der Waals surface area (Å²) in [6, 6.07) is 6.26. The Kier molecular flexibility index (Phi) is 1.39. The lowest BCUT2D eigenvalue weighted by atomic mass is 10.0. The van der Waals surface area contributed by atoms with Gasteiger partial charge >= 0.3 is 0 Å². The summed E-state index contributed by atoms with van der Waals surface area (Å²) in [7, 11) is 0. The van der Waals surface area contributed by atoms with Crippen LogP contribution in [0.15, 0.2) is 24.8 Å². The number of hydrogen-bond donors (Lipinski definition) is 0. The quantitative estimate of drug-likeness (QED) is 0.564. The fraction of sp³-hybridized carbons (Fsp3) is 0.0909. The van der Waals surface area contributed by atoms with Crippen molar-refractivity contribution in [3.05, 3.63) is 47.5 Å². The first-order chi connectivity index (χ1) is 5.42. The molecular weight excluding hydrogens is 132 g/mol. The Hall–Kier alpha value is -1.30. The number of fused-ring (bicyclic) bond motifs is 1. The van der Waals surface area contributed by atoms with E-state index in [4.69, 9.17) is 0 Å². The van der Waals surface area contributed by atoms with Crippen LogP contribution < -0.4 is 0 Å². The van der Waals surface area contributed by atoms with Crippen molar-refractivity contribution in [2.75, 3.05) is 0 Å². The summed E-state index contributed by atoms with van der Waals surface area (Å²) in [4.78, 5) is 0. The van der Waals surface area contributed by atoms with Gasteiger partial charge in [-0.25, -0.2) is 0 Å². The summed E-state index contributed by atoms with van der Waals surface area (Å²) in [5, 5.41) is 0. The summed E-state index contributed by atoms with van der Waals surface area (Å²) in [6.45, 7) is 3.77. The van der Waals surface area contributed by atoms with E-state index in [1.165, 1.54) is 16.7 Å². The standard InChI is InChI=1S/C11H9/c1-2-9-5-3-6-10-7-4-8-11(9)10/h2-3,5-7H,1,8H2. The van der Waals surface area contributed by atoms with Crippen molar-refractivity contribution in [3.8, 4) is 0 Å². The zero-order chi connectivity index (χ0) is 7.68. The third kappa shape index (κ3) is 0.911. The molecule has 1 aliphatic carbocycles. The van der Waals surface area contributed by atoms with Crippen LogP contribution in [0.1, 0.15) is 16.7 Å². The van der Waals surface area contributed by atoms with Gasteiger partial charge in [-0.05, 0) is 29.2 Å². The van der Waals surface area contributed by atoms with E-state index in [0.29, 0.717) is 0 Å². The number of allylic oxidation sites excluding steroid dienone is 1. The SMILES string of the molecule is C=Cc1cccc2c1C[C]=C2. The van der Waals surface area contributed by atoms with E-state index in [2.05, 4.69) is 30.9 Å². The van der Waals surface area contributed by atoms with Gasteiger partial charge in [0.25, 0.3) is 0 Å². The van der Waals surface area contributed by atoms with Crippen LogP contribution in [-0.2, 0) is 6.42 Å². The van der Waals surface area contributed by atoms with Crippen LogP contribution in [-0.4, -0.2) is 0 Å². The highest BCUT2D eigenvalue weighted by Crippen LogP contribution is 2.22. The fourth-order valence-corrected chi connectivity index (χ4v) is 1.42. The van der Waals surface area contributed by atoms with E-state index in [-0.39, 0.29) is 0 Å². The molecule has 0 heteroatoms. The van der Waals surface area contributed by atoms with E-state index < -0.39 is 0 Å². The van der Waals surface area contributed by atoms with Crippen molar-refractivity contribution in [3.63, 3.8) is 0 Å². The van der Waals surface area contributed by atoms with Crippen LogP contribution in [0.4, 0.5) is 0 Å². The second kappa shape index (κ2) is 2.39. The van der Waals surface area contributed by atoms with Gasteiger partial charge in [0.15, 0.2) is 0 Å². The third-order valence-electron chi connectivity index (χ3n) is 2.00. The first-order valence-electron chi connectivity index (χ1n) is 3.73. The van der Waals surface area contributed by atoms with Crippen molar-refractivity contribution in [2.24, 2.45) is 0 Å². The Morgan fingerprint density at radius 1 is 1.45 bits per heavy atom. The Morgan fingerprint density at radius 2 is 2.36 bits per heavy atom. The molecule has 0 fully saturated rings. The van der Waals surface area contributed by atoms with E-state index >= 15 is 0 Å². The van der Waals surface area contributed by atoms with Crippen molar-refractivity contribution >= 4 is 12.2 Å². The maximum Gasteiger partial charge on any atom is -0.00108 e. The van der Waals surface area contributed by atoms with Crippen LogP contribution in [0.25, 0.3) is 12.2 Å². The first-order valence-corrected chi connectivity index (χ1v) is 3.73. The Bertz CT molecular complexity index is 319. The fourth-order valence-electron chi connectivity index (χ4n) is 1.42. The molecule has 1 aromatic rings. The minimum atomic E-state index is 0.942. The summed E-state index contributed by atoms with van der Waals surface area (Å²) >= 11 is 0. The molecule has 0 aromatic heterocycles. The first kappa shape index (κ1) is 6.41. The molecule has 0 atom stereocenters. The predicted octanol–water partition coefficient (Wildman–Crippen LogP) is 2.70. The number of benzene rings is 1. The lowest BCUT2D eigenvalue weighted by Gasteiger charge is -2.01. The molecule has 53 valence electrons. The van der Waals surface area contributed by atoms with Crippen LogP contribution >= 0.6 is 0 Å². The number of hydrogen-bond acceptors (Lipinski definition) is 0. The zero-order valence-electron chi connectivity index (χ0n) is 6.30. The van der Waals surface area contributed by atoms with Crippen molar-refractivity contribution in [2.45, 2.75) is 6.42 Å². The van der Waals surface area contributed by atoms with Crippen molar-refractivity contribution in [1.29, 1.82) is 0 Å². The maximum absolute atomic E-state index is 3.77. The molecule has 0 nitrogen and oxygen atoms in total. The van der Waals surface area contributed by atoms with Gasteiger partial charge in [-0.1, -0.05) is 36.9 Å². The van der Waals surface area contributed by atoms with Gasteiger partial charge in [0, 0.05) is 0 Å². The normalized spacial score (nSPS) is 13.1. The third-order valence-corrected chi connectivity index (χ3v) is 2.00. The van der Waals surface area contributed by atoms with E-state index in [9.17, 15) is 0 Å². The van der Waals surface area contributed by atoms with Gasteiger partial charge < -0.3 is 0 Å². The summed E-state index contributed by atoms with van der Waals surface area (Å²) in [5.41, 5.74) is 3.90. The molecule has 0 saturated carbocycles. The Balaban J connectivity index is 2.63. The molecular formula is C11H9. The molecule has 1 aromatic carbocycles. The Labute approximate surface area is 66.9 Å². The highest BCUT2D eigenvalue weighted by atomic mass is 14.1. The molecule has 0 aliphatic heterocycles. The number of rotatable bonds is 1. The second-order valence-corrected chi connectivity index (χ2v) is 2.64. The molecule has 1 radical (unpaired) electrons. The van der Waals surface area contributed by atoms with Crippen LogP contribution in [0, 0.1) is 6.08 Å². The highest BCUT2D eigenvalue weighted by Gasteiger charge is 2.06. The monoisotopic (exact) mass is 141 g/mol. The largest absolute Gasteiger partial charge is 0.0985 e. The minimum Gasteiger partial charge on any atom is -0.0985 e. The van der Waals surface area contributed by atoms with Gasteiger partial charge in [-0.15, -0.1) is 0 Å². The molecule has 11 heavy (non-hydrogen) atoms. The maximum atomic E-state index is 3.77. The average Bonchev–Trinajstić information content (AvgIpc) is 2.50. The molecule has 0 heterocycles. The van der Waals surface area contributed by atoms with Crippen LogP contribution in [0.2, 0.25) is 0 Å². The lowest BCUT2D eigenvalue weighted by molar-refractivity contribution is 1.27. The average molecular weight is 141 g/mol. The molecule has 0 saturated heterocycles. The minimum absolute atomic E-state index is 0.942. The van der Waals surface area contributed by atoms with Gasteiger partial charge in [0.1, 0.15) is 0 Å². The van der Waals surface area contributed by atoms with Crippen molar-refractivity contribution in [1.82, 2.24) is 0 Å². The molecule has 0 unspecified atom stereocenters. The second-order valence-electron chi connectivity index (χ2n) is 2.64. The van der Waals surface area contributed by atoms with Gasteiger partial charge in [0.05, 0.1) is 0 Å². The van der Waals surface area contributed by atoms with Crippen LogP contribution in [0.5, 0.6) is 0 Å². The van der Waals surface area contributed by atoms with Gasteiger partial charge in [0.2, 0.25) is 0 Å². The molecule has 0 amide bonds. The topological polar surface area (TPSA) is 0 Å². The Morgan fingerprint density at radius 3 is 3.18 bits per heavy atom. The molecule has 0 N–H and O–H groups in total. The molecule has 0 spiro atoms. The molecule has 1 aliphatic rings. The van der Waals surface area contributed by atoms with E-state index in [0.717, 1.165) is 6.42 Å². The van der Waals surface area contributed by atoms with Gasteiger partial charge in [-0.3, -0.25) is 0 Å². The molecule has 0 bridgehead atoms. The van der Waals surface area contributed by atoms with Crippen molar-refractivity contribution < 1.29 is 0 Å². The predicted molar refractivity (Wildman–Crippen MR) is 47.9 cm³/mol. The van der Waals surface area contributed by atoms with Gasteiger partial charge in [-0.2, -0.15) is 0 Å². The van der Waals surface area contributed by atoms with E-state index in [1.807, 2.05) is 12.2 Å². The zero-order valence-corrected chi connectivity index (χ0v) is 6.30. The summed E-state index contributed by atoms with van der Waals surface area (Å²) < 4.78 is 0. The summed E-state index contributed by atoms with van der Waals surface area (Å²) in [5.74, 6) is 0. The van der Waals surface area contributed by atoms with Crippen LogP contribution in [0.3, 0.4) is 0 Å². The van der Waals surface area contributed by atoms with E-state index in [1.54, 1.807) is 0 Å². The highest BCUT2D eigenvalue weighted by molar-refractivity contribution is 5.66. The summed E-state index contributed by atoms with van der Waals surface area (Å²) in [6.07, 6.45) is 8.08. The lowest BCUT2D eigenvalue weighted by Crippen LogP contribution is -1.85.